The molecule has 0 aliphatic heterocycles. The largest absolute Gasteiger partial charge is 0.478 e. The summed E-state index contributed by atoms with van der Waals surface area (Å²) in [5.74, 6) is -0.161. The molecule has 1 aromatic rings. The van der Waals surface area contributed by atoms with Gasteiger partial charge in [-0.3, -0.25) is 0 Å². The van der Waals surface area contributed by atoms with E-state index in [0.29, 0.717) is 17.5 Å². The van der Waals surface area contributed by atoms with Crippen LogP contribution in [0.25, 0.3) is 0 Å². The highest BCUT2D eigenvalue weighted by Gasteiger charge is 2.29. The first-order chi connectivity index (χ1) is 8.58. The molecule has 0 amide bonds. The van der Waals surface area contributed by atoms with Gasteiger partial charge in [0.25, 0.3) is 0 Å². The van der Waals surface area contributed by atoms with E-state index in [1.807, 2.05) is 12.1 Å². The third kappa shape index (κ3) is 3.25. The molecule has 0 saturated heterocycles. The van der Waals surface area contributed by atoms with Crippen LogP contribution < -0.4 is 4.90 Å². The molecule has 1 N–H and O–H groups in total. The number of carboxylic acid groups (broad SMARTS) is 1. The maximum Gasteiger partial charge on any atom is 0.335 e. The van der Waals surface area contributed by atoms with E-state index in [1.54, 1.807) is 12.1 Å². The number of nitrogens with zero attached hydrogens (tertiary/aromatic N) is 1. The van der Waals surface area contributed by atoms with Gasteiger partial charge < -0.3 is 10.0 Å². The fourth-order valence-electron chi connectivity index (χ4n) is 2.10. The number of anilines is 1. The highest BCUT2D eigenvalue weighted by atomic mass is 16.4. The molecular formula is C15H21NO2. The molecule has 2 rings (SSSR count). The Morgan fingerprint density at radius 1 is 1.33 bits per heavy atom. The molecule has 1 fully saturated rings. The Morgan fingerprint density at radius 3 is 2.39 bits per heavy atom. The van der Waals surface area contributed by atoms with Crippen LogP contribution in [0.5, 0.6) is 0 Å². The number of rotatable bonds is 6. The Balaban J connectivity index is 2.07. The average molecular weight is 247 g/mol. The van der Waals surface area contributed by atoms with Gasteiger partial charge in [-0.05, 0) is 49.4 Å². The van der Waals surface area contributed by atoms with E-state index >= 15 is 0 Å². The van der Waals surface area contributed by atoms with E-state index < -0.39 is 5.97 Å². The number of aromatic carboxylic acids is 1. The quantitative estimate of drug-likeness (QED) is 0.837. The molecule has 3 nitrogen and oxygen atoms in total. The minimum Gasteiger partial charge on any atom is -0.478 e. The fourth-order valence-corrected chi connectivity index (χ4v) is 2.10. The maximum atomic E-state index is 10.8. The van der Waals surface area contributed by atoms with E-state index in [9.17, 15) is 4.79 Å². The molecule has 0 spiro atoms. The summed E-state index contributed by atoms with van der Waals surface area (Å²) < 4.78 is 0. The number of hydrogen-bond donors (Lipinski definition) is 1. The third-order valence-corrected chi connectivity index (χ3v) is 3.38. The van der Waals surface area contributed by atoms with E-state index in [-0.39, 0.29) is 0 Å². The minimum atomic E-state index is -0.860. The molecule has 0 aromatic heterocycles. The first kappa shape index (κ1) is 12.9. The summed E-state index contributed by atoms with van der Waals surface area (Å²) in [7, 11) is 0. The fraction of sp³-hybridized carbons (Fsp3) is 0.533. The van der Waals surface area contributed by atoms with Gasteiger partial charge in [-0.25, -0.2) is 4.79 Å². The Bertz CT molecular complexity index is 407. The van der Waals surface area contributed by atoms with Crippen molar-refractivity contribution in [1.82, 2.24) is 0 Å². The third-order valence-electron chi connectivity index (χ3n) is 3.38. The van der Waals surface area contributed by atoms with Gasteiger partial charge in [0.05, 0.1) is 5.56 Å². The summed E-state index contributed by atoms with van der Waals surface area (Å²) in [5, 5.41) is 8.90. The second-order valence-electron chi connectivity index (χ2n) is 5.46. The van der Waals surface area contributed by atoms with Crippen molar-refractivity contribution < 1.29 is 9.90 Å². The lowest BCUT2D eigenvalue weighted by Crippen LogP contribution is -2.27. The van der Waals surface area contributed by atoms with Gasteiger partial charge in [0.2, 0.25) is 0 Å². The van der Waals surface area contributed by atoms with Gasteiger partial charge in [-0.2, -0.15) is 0 Å². The predicted molar refractivity (Wildman–Crippen MR) is 73.2 cm³/mol. The van der Waals surface area contributed by atoms with Crippen molar-refractivity contribution in [3.63, 3.8) is 0 Å². The topological polar surface area (TPSA) is 40.5 Å². The minimum absolute atomic E-state index is 0.360. The molecule has 3 heteroatoms. The molecule has 0 heterocycles. The Morgan fingerprint density at radius 2 is 1.94 bits per heavy atom. The lowest BCUT2D eigenvalue weighted by molar-refractivity contribution is 0.0697. The first-order valence-electron chi connectivity index (χ1n) is 6.68. The van der Waals surface area contributed by atoms with Crippen LogP contribution >= 0.6 is 0 Å². The van der Waals surface area contributed by atoms with Crippen LogP contribution in [0.15, 0.2) is 24.3 Å². The summed E-state index contributed by atoms with van der Waals surface area (Å²) in [4.78, 5) is 13.3. The van der Waals surface area contributed by atoms with Crippen LogP contribution in [0, 0.1) is 5.92 Å². The Labute approximate surface area is 108 Å². The molecule has 0 radical (unpaired) electrons. The number of carboxylic acids is 1. The Hall–Kier alpha value is -1.51. The molecular weight excluding hydrogens is 226 g/mol. The number of hydrogen-bond acceptors (Lipinski definition) is 2. The summed E-state index contributed by atoms with van der Waals surface area (Å²) in [6, 6.07) is 7.93. The van der Waals surface area contributed by atoms with Crippen molar-refractivity contribution >= 4 is 11.7 Å². The second kappa shape index (κ2) is 5.42. The van der Waals surface area contributed by atoms with Crippen LogP contribution in [0.2, 0.25) is 0 Å². The van der Waals surface area contributed by atoms with E-state index in [4.69, 9.17) is 5.11 Å². The van der Waals surface area contributed by atoms with Gasteiger partial charge in [-0.1, -0.05) is 13.8 Å². The molecule has 1 aliphatic rings. The second-order valence-corrected chi connectivity index (χ2v) is 5.46. The average Bonchev–Trinajstić information content (AvgIpc) is 3.14. The lowest BCUT2D eigenvalue weighted by atomic mass is 10.1. The molecule has 1 aliphatic carbocycles. The molecule has 1 saturated carbocycles. The van der Waals surface area contributed by atoms with Crippen LogP contribution in [-0.2, 0) is 0 Å². The van der Waals surface area contributed by atoms with Gasteiger partial charge in [0.1, 0.15) is 0 Å². The highest BCUT2D eigenvalue weighted by molar-refractivity contribution is 5.88. The summed E-state index contributed by atoms with van der Waals surface area (Å²) in [5.41, 5.74) is 1.52. The number of benzene rings is 1. The number of carbonyl (C=O) groups is 1. The standard InChI is InChI=1S/C15H21NO2/c1-11(2)9-10-16(14-7-8-14)13-5-3-12(4-6-13)15(17)18/h3-6,11,14H,7-10H2,1-2H3,(H,17,18). The van der Waals surface area contributed by atoms with Crippen molar-refractivity contribution in [2.45, 2.75) is 39.2 Å². The van der Waals surface area contributed by atoms with Gasteiger partial charge in [-0.15, -0.1) is 0 Å². The van der Waals surface area contributed by atoms with Crippen molar-refractivity contribution in [2.75, 3.05) is 11.4 Å². The van der Waals surface area contributed by atoms with Crippen molar-refractivity contribution in [3.8, 4) is 0 Å². The summed E-state index contributed by atoms with van der Waals surface area (Å²) >= 11 is 0. The van der Waals surface area contributed by atoms with Crippen LogP contribution in [0.1, 0.15) is 43.5 Å². The molecule has 0 unspecified atom stereocenters. The zero-order chi connectivity index (χ0) is 13.1. The van der Waals surface area contributed by atoms with Gasteiger partial charge in [0.15, 0.2) is 0 Å². The predicted octanol–water partition coefficient (Wildman–Crippen LogP) is 3.40. The van der Waals surface area contributed by atoms with Gasteiger partial charge >= 0.3 is 5.97 Å². The molecule has 18 heavy (non-hydrogen) atoms. The van der Waals surface area contributed by atoms with E-state index in [2.05, 4.69) is 18.7 Å². The van der Waals surface area contributed by atoms with Gasteiger partial charge in [0, 0.05) is 18.3 Å². The molecule has 0 bridgehead atoms. The van der Waals surface area contributed by atoms with Crippen LogP contribution in [-0.4, -0.2) is 23.7 Å². The normalized spacial score (nSPS) is 14.8. The smallest absolute Gasteiger partial charge is 0.335 e. The summed E-state index contributed by atoms with van der Waals surface area (Å²) in [6.07, 6.45) is 3.70. The summed E-state index contributed by atoms with van der Waals surface area (Å²) in [6.45, 7) is 5.53. The highest BCUT2D eigenvalue weighted by Crippen LogP contribution is 2.32. The van der Waals surface area contributed by atoms with Crippen molar-refractivity contribution in [2.24, 2.45) is 5.92 Å². The van der Waals surface area contributed by atoms with E-state index in [0.717, 1.165) is 12.2 Å². The molecule has 0 atom stereocenters. The molecule has 1 aromatic carbocycles. The first-order valence-corrected chi connectivity index (χ1v) is 6.68. The zero-order valence-electron chi connectivity index (χ0n) is 11.1. The monoisotopic (exact) mass is 247 g/mol. The van der Waals surface area contributed by atoms with Crippen molar-refractivity contribution in [1.29, 1.82) is 0 Å². The van der Waals surface area contributed by atoms with E-state index in [1.165, 1.54) is 19.3 Å². The SMILES string of the molecule is CC(C)CCN(c1ccc(C(=O)O)cc1)C1CC1. The zero-order valence-corrected chi connectivity index (χ0v) is 11.1. The lowest BCUT2D eigenvalue weighted by Gasteiger charge is -2.25. The van der Waals surface area contributed by atoms with Crippen molar-refractivity contribution in [3.05, 3.63) is 29.8 Å². The van der Waals surface area contributed by atoms with Crippen LogP contribution in [0.4, 0.5) is 5.69 Å². The molecule has 98 valence electrons. The maximum absolute atomic E-state index is 10.8. The Kier molecular flexibility index (Phi) is 3.90. The van der Waals surface area contributed by atoms with Crippen LogP contribution in [0.3, 0.4) is 0 Å².